The second kappa shape index (κ2) is 6.60. The lowest BCUT2D eigenvalue weighted by molar-refractivity contribution is 0.252. The molecule has 0 aliphatic rings. The van der Waals surface area contributed by atoms with Crippen LogP contribution in [-0.2, 0) is 11.8 Å². The van der Waals surface area contributed by atoms with Crippen LogP contribution in [0.2, 0.25) is 0 Å². The van der Waals surface area contributed by atoms with Gasteiger partial charge >= 0.3 is 6.03 Å². The van der Waals surface area contributed by atoms with Gasteiger partial charge in [0.25, 0.3) is 0 Å². The van der Waals surface area contributed by atoms with Crippen LogP contribution in [-0.4, -0.2) is 17.7 Å². The highest BCUT2D eigenvalue weighted by atomic mass is 19.1. The molecular formula is C16H20FN3O2. The second-order valence-electron chi connectivity index (χ2n) is 6.08. The summed E-state index contributed by atoms with van der Waals surface area (Å²) in [4.78, 5) is 11.8. The number of hydrogen-bond donors (Lipinski definition) is 2. The highest BCUT2D eigenvalue weighted by Gasteiger charge is 2.20. The predicted molar refractivity (Wildman–Crippen MR) is 82.3 cm³/mol. The zero-order chi connectivity index (χ0) is 16.2. The van der Waals surface area contributed by atoms with Gasteiger partial charge in [-0.2, -0.15) is 0 Å². The van der Waals surface area contributed by atoms with E-state index in [-0.39, 0.29) is 17.3 Å². The van der Waals surface area contributed by atoms with E-state index in [0.29, 0.717) is 24.5 Å². The predicted octanol–water partition coefficient (Wildman–Crippen LogP) is 3.48. The van der Waals surface area contributed by atoms with Crippen molar-refractivity contribution in [3.63, 3.8) is 0 Å². The fraction of sp³-hybridized carbons (Fsp3) is 0.375. The molecule has 0 atom stereocenters. The highest BCUT2D eigenvalue weighted by Crippen LogP contribution is 2.24. The standard InChI is InChI=1S/C16H20FN3O2/c1-16(2,3)13-10-14(20-22-13)19-15(21)18-9-8-11-4-6-12(17)7-5-11/h4-7,10H,8-9H2,1-3H3,(H2,18,19,20,21). The van der Waals surface area contributed by atoms with Crippen molar-refractivity contribution in [2.45, 2.75) is 32.6 Å². The van der Waals surface area contributed by atoms with Crippen molar-refractivity contribution in [1.29, 1.82) is 0 Å². The van der Waals surface area contributed by atoms with Crippen LogP contribution in [0.1, 0.15) is 32.1 Å². The first-order valence-electron chi connectivity index (χ1n) is 7.11. The smallest absolute Gasteiger partial charge is 0.320 e. The summed E-state index contributed by atoms with van der Waals surface area (Å²) in [5.74, 6) is 0.813. The fourth-order valence-corrected chi connectivity index (χ4v) is 1.82. The molecular weight excluding hydrogens is 285 g/mol. The molecule has 0 aliphatic carbocycles. The Labute approximate surface area is 128 Å². The van der Waals surface area contributed by atoms with E-state index in [4.69, 9.17) is 4.52 Å². The molecule has 0 fully saturated rings. The first-order valence-corrected chi connectivity index (χ1v) is 7.11. The first-order chi connectivity index (χ1) is 10.3. The van der Waals surface area contributed by atoms with Gasteiger partial charge in [-0.3, -0.25) is 5.32 Å². The lowest BCUT2D eigenvalue weighted by Crippen LogP contribution is -2.30. The van der Waals surface area contributed by atoms with Gasteiger partial charge in [0.1, 0.15) is 11.6 Å². The average Bonchev–Trinajstić information content (AvgIpc) is 2.89. The summed E-state index contributed by atoms with van der Waals surface area (Å²) < 4.78 is 18.0. The van der Waals surface area contributed by atoms with Gasteiger partial charge in [0.05, 0.1) is 0 Å². The Morgan fingerprint density at radius 2 is 1.95 bits per heavy atom. The fourth-order valence-electron chi connectivity index (χ4n) is 1.82. The molecule has 0 radical (unpaired) electrons. The summed E-state index contributed by atoms with van der Waals surface area (Å²) in [6, 6.07) is 7.55. The van der Waals surface area contributed by atoms with Crippen molar-refractivity contribution in [3.8, 4) is 0 Å². The lowest BCUT2D eigenvalue weighted by atomic mass is 9.93. The van der Waals surface area contributed by atoms with E-state index in [1.54, 1.807) is 18.2 Å². The van der Waals surface area contributed by atoms with E-state index < -0.39 is 0 Å². The van der Waals surface area contributed by atoms with Crippen molar-refractivity contribution in [3.05, 3.63) is 47.5 Å². The molecule has 0 saturated heterocycles. The first kappa shape index (κ1) is 16.0. The summed E-state index contributed by atoms with van der Waals surface area (Å²) in [6.45, 7) is 6.45. The Balaban J connectivity index is 1.78. The van der Waals surface area contributed by atoms with Crippen molar-refractivity contribution in [2.24, 2.45) is 0 Å². The van der Waals surface area contributed by atoms with Crippen LogP contribution in [0.25, 0.3) is 0 Å². The number of carbonyl (C=O) groups excluding carboxylic acids is 1. The number of aromatic nitrogens is 1. The molecule has 5 nitrogen and oxygen atoms in total. The van der Waals surface area contributed by atoms with Gasteiger partial charge in [0, 0.05) is 18.0 Å². The Kier molecular flexibility index (Phi) is 4.80. The number of urea groups is 1. The number of nitrogens with one attached hydrogen (secondary N) is 2. The SMILES string of the molecule is CC(C)(C)c1cc(NC(=O)NCCc2ccc(F)cc2)no1. The maximum absolute atomic E-state index is 12.8. The van der Waals surface area contributed by atoms with Crippen LogP contribution in [0.5, 0.6) is 0 Å². The molecule has 1 aromatic carbocycles. The molecule has 2 amide bonds. The second-order valence-corrected chi connectivity index (χ2v) is 6.08. The Bertz CT molecular complexity index is 630. The van der Waals surface area contributed by atoms with Crippen LogP contribution >= 0.6 is 0 Å². The molecule has 0 spiro atoms. The topological polar surface area (TPSA) is 67.2 Å². The van der Waals surface area contributed by atoms with Crippen molar-refractivity contribution < 1.29 is 13.7 Å². The third-order valence-corrected chi connectivity index (χ3v) is 3.10. The summed E-state index contributed by atoms with van der Waals surface area (Å²) >= 11 is 0. The Morgan fingerprint density at radius 3 is 2.55 bits per heavy atom. The van der Waals surface area contributed by atoms with E-state index in [1.165, 1.54) is 12.1 Å². The van der Waals surface area contributed by atoms with Crippen molar-refractivity contribution >= 4 is 11.8 Å². The van der Waals surface area contributed by atoms with E-state index in [2.05, 4.69) is 15.8 Å². The summed E-state index contributed by atoms with van der Waals surface area (Å²) in [7, 11) is 0. The minimum atomic E-state index is -0.351. The minimum Gasteiger partial charge on any atom is -0.359 e. The van der Waals surface area contributed by atoms with Crippen LogP contribution in [0.3, 0.4) is 0 Å². The lowest BCUT2D eigenvalue weighted by Gasteiger charge is -2.12. The van der Waals surface area contributed by atoms with Crippen molar-refractivity contribution in [2.75, 3.05) is 11.9 Å². The van der Waals surface area contributed by atoms with E-state index >= 15 is 0 Å². The summed E-state index contributed by atoms with van der Waals surface area (Å²) in [6.07, 6.45) is 0.625. The molecule has 1 heterocycles. The molecule has 2 N–H and O–H groups in total. The monoisotopic (exact) mass is 305 g/mol. The number of anilines is 1. The van der Waals surface area contributed by atoms with Crippen molar-refractivity contribution in [1.82, 2.24) is 10.5 Å². The maximum atomic E-state index is 12.8. The number of hydrogen-bond acceptors (Lipinski definition) is 3. The van der Waals surface area contributed by atoms with Gasteiger partial charge in [0.15, 0.2) is 5.82 Å². The minimum absolute atomic E-state index is 0.161. The Morgan fingerprint density at radius 1 is 1.27 bits per heavy atom. The molecule has 0 bridgehead atoms. The third-order valence-electron chi connectivity index (χ3n) is 3.10. The quantitative estimate of drug-likeness (QED) is 0.909. The van der Waals surface area contributed by atoms with Crippen LogP contribution in [0.4, 0.5) is 15.0 Å². The summed E-state index contributed by atoms with van der Waals surface area (Å²) in [5.41, 5.74) is 0.796. The van der Waals surface area contributed by atoms with Gasteiger partial charge < -0.3 is 9.84 Å². The van der Waals surface area contributed by atoms with E-state index in [0.717, 1.165) is 5.56 Å². The largest absolute Gasteiger partial charge is 0.359 e. The average molecular weight is 305 g/mol. The molecule has 0 unspecified atom stereocenters. The van der Waals surface area contributed by atoms with Crippen LogP contribution in [0, 0.1) is 5.82 Å². The van der Waals surface area contributed by atoms with E-state index in [9.17, 15) is 9.18 Å². The normalized spacial score (nSPS) is 11.3. The zero-order valence-electron chi connectivity index (χ0n) is 12.9. The molecule has 22 heavy (non-hydrogen) atoms. The zero-order valence-corrected chi connectivity index (χ0v) is 12.9. The van der Waals surface area contributed by atoms with Gasteiger partial charge in [-0.25, -0.2) is 9.18 Å². The molecule has 1 aromatic heterocycles. The third kappa shape index (κ3) is 4.58. The molecule has 2 aromatic rings. The van der Waals surface area contributed by atoms with E-state index in [1.807, 2.05) is 20.8 Å². The van der Waals surface area contributed by atoms with Crippen LogP contribution in [0.15, 0.2) is 34.9 Å². The van der Waals surface area contributed by atoms with Gasteiger partial charge in [-0.15, -0.1) is 0 Å². The molecule has 118 valence electrons. The maximum Gasteiger partial charge on any atom is 0.320 e. The van der Waals surface area contributed by atoms with Crippen LogP contribution < -0.4 is 10.6 Å². The number of rotatable bonds is 4. The number of benzene rings is 1. The van der Waals surface area contributed by atoms with Gasteiger partial charge in [-0.05, 0) is 24.1 Å². The molecule has 6 heteroatoms. The number of nitrogens with zero attached hydrogens (tertiary/aromatic N) is 1. The number of carbonyl (C=O) groups is 1. The molecule has 2 rings (SSSR count). The Hall–Kier alpha value is -2.37. The van der Waals surface area contributed by atoms with Gasteiger partial charge in [-0.1, -0.05) is 38.1 Å². The molecule has 0 aliphatic heterocycles. The molecule has 0 saturated carbocycles. The van der Waals surface area contributed by atoms with Gasteiger partial charge in [0.2, 0.25) is 0 Å². The number of halogens is 1. The number of amides is 2. The summed E-state index contributed by atoms with van der Waals surface area (Å²) in [5, 5.41) is 9.14. The highest BCUT2D eigenvalue weighted by molar-refractivity contribution is 5.88.